The summed E-state index contributed by atoms with van der Waals surface area (Å²) in [5, 5.41) is 12.4. The minimum atomic E-state index is -4.34. The zero-order chi connectivity index (χ0) is 22.4. The third kappa shape index (κ3) is 6.18. The summed E-state index contributed by atoms with van der Waals surface area (Å²) in [5.74, 6) is 0.265. The molecule has 0 aliphatic carbocycles. The third-order valence-corrected chi connectivity index (χ3v) is 5.28. The summed E-state index contributed by atoms with van der Waals surface area (Å²) in [6.07, 6.45) is -4.34. The number of rotatable bonds is 5. The van der Waals surface area contributed by atoms with Gasteiger partial charge < -0.3 is 15.3 Å². The van der Waals surface area contributed by atoms with Crippen LogP contribution in [-0.4, -0.2) is 54.1 Å². The number of nitrogens with one attached hydrogen (secondary N) is 1. The highest BCUT2D eigenvalue weighted by Crippen LogP contribution is 2.29. The van der Waals surface area contributed by atoms with Crippen LogP contribution < -0.4 is 5.32 Å². The molecule has 0 amide bonds. The summed E-state index contributed by atoms with van der Waals surface area (Å²) in [6, 6.07) is 10.0. The van der Waals surface area contributed by atoms with Gasteiger partial charge in [-0.15, -0.1) is 0 Å². The minimum absolute atomic E-state index is 0.248. The Morgan fingerprint density at radius 2 is 1.81 bits per heavy atom. The van der Waals surface area contributed by atoms with Crippen molar-refractivity contribution in [2.45, 2.75) is 25.9 Å². The summed E-state index contributed by atoms with van der Waals surface area (Å²) in [4.78, 5) is 8.50. The lowest BCUT2D eigenvalue weighted by Gasteiger charge is -2.36. The molecule has 2 aromatic carbocycles. The van der Waals surface area contributed by atoms with Crippen molar-refractivity contribution in [1.82, 2.24) is 15.1 Å². The number of nitrogens with zero attached hydrogens (tertiary/aromatic N) is 3. The van der Waals surface area contributed by atoms with E-state index in [0.717, 1.165) is 11.6 Å². The lowest BCUT2D eigenvalue weighted by molar-refractivity contribution is -0.137. The average molecular weight is 438 g/mol. The number of guanidine groups is 1. The zero-order valence-electron chi connectivity index (χ0n) is 17.3. The van der Waals surface area contributed by atoms with Crippen LogP contribution in [0.4, 0.5) is 17.6 Å². The van der Waals surface area contributed by atoms with Gasteiger partial charge in [0.1, 0.15) is 5.82 Å². The van der Waals surface area contributed by atoms with Crippen LogP contribution in [0.15, 0.2) is 47.5 Å². The van der Waals surface area contributed by atoms with E-state index in [1.165, 1.54) is 18.2 Å². The van der Waals surface area contributed by atoms with Crippen LogP contribution in [0, 0.1) is 5.82 Å². The smallest absolute Gasteiger partial charge is 0.392 e. The van der Waals surface area contributed by atoms with Crippen molar-refractivity contribution in [1.29, 1.82) is 0 Å². The molecule has 0 radical (unpaired) electrons. The van der Waals surface area contributed by atoms with E-state index >= 15 is 0 Å². The van der Waals surface area contributed by atoms with Gasteiger partial charge in [-0.25, -0.2) is 4.39 Å². The van der Waals surface area contributed by atoms with E-state index in [-0.39, 0.29) is 12.2 Å². The molecular formula is C22H26F4N4O. The van der Waals surface area contributed by atoms with E-state index in [1.54, 1.807) is 25.2 Å². The van der Waals surface area contributed by atoms with Crippen LogP contribution in [0.1, 0.15) is 22.3 Å². The van der Waals surface area contributed by atoms with Gasteiger partial charge >= 0.3 is 6.18 Å². The maximum absolute atomic E-state index is 13.5. The highest BCUT2D eigenvalue weighted by molar-refractivity contribution is 5.80. The predicted octanol–water partition coefficient (Wildman–Crippen LogP) is 3.23. The Bertz CT molecular complexity index is 909. The van der Waals surface area contributed by atoms with Gasteiger partial charge in [-0.1, -0.05) is 24.3 Å². The lowest BCUT2D eigenvalue weighted by Crippen LogP contribution is -2.52. The molecule has 0 aromatic heterocycles. The van der Waals surface area contributed by atoms with Crippen LogP contribution in [0.3, 0.4) is 0 Å². The van der Waals surface area contributed by atoms with Crippen molar-refractivity contribution in [3.63, 3.8) is 0 Å². The van der Waals surface area contributed by atoms with Crippen molar-refractivity contribution in [2.75, 3.05) is 33.2 Å². The molecule has 1 aliphatic heterocycles. The Kier molecular flexibility index (Phi) is 7.50. The SMILES string of the molecule is CN=C(NCc1ccc(F)c(CO)c1)N1CCN(Cc2cccc(C(F)(F)F)c2)CC1. The number of aliphatic hydroxyl groups is 1. The van der Waals surface area contributed by atoms with Gasteiger partial charge in [0.05, 0.1) is 12.2 Å². The zero-order valence-corrected chi connectivity index (χ0v) is 17.3. The maximum Gasteiger partial charge on any atom is 0.416 e. The van der Waals surface area contributed by atoms with Crippen molar-refractivity contribution >= 4 is 5.96 Å². The summed E-state index contributed by atoms with van der Waals surface area (Å²) >= 11 is 0. The first-order valence-corrected chi connectivity index (χ1v) is 10.0. The van der Waals surface area contributed by atoms with Crippen molar-refractivity contribution in [3.8, 4) is 0 Å². The number of aliphatic hydroxyl groups excluding tert-OH is 1. The highest BCUT2D eigenvalue weighted by atomic mass is 19.4. The van der Waals surface area contributed by atoms with Gasteiger partial charge in [-0.3, -0.25) is 9.89 Å². The van der Waals surface area contributed by atoms with E-state index in [2.05, 4.69) is 20.1 Å². The molecule has 0 saturated carbocycles. The van der Waals surface area contributed by atoms with Crippen LogP contribution in [-0.2, 0) is 25.9 Å². The van der Waals surface area contributed by atoms with Crippen LogP contribution >= 0.6 is 0 Å². The number of alkyl halides is 3. The molecule has 1 fully saturated rings. The van der Waals surface area contributed by atoms with Crippen molar-refractivity contribution in [3.05, 3.63) is 70.5 Å². The summed E-state index contributed by atoms with van der Waals surface area (Å²) in [5.41, 5.74) is 1.09. The molecule has 2 aromatic rings. The molecule has 2 N–H and O–H groups in total. The number of benzene rings is 2. The van der Waals surface area contributed by atoms with E-state index in [0.29, 0.717) is 50.8 Å². The maximum atomic E-state index is 13.5. The normalized spacial score (nSPS) is 15.9. The molecule has 0 bridgehead atoms. The number of piperazine rings is 1. The summed E-state index contributed by atoms with van der Waals surface area (Å²) < 4.78 is 52.3. The number of halogens is 4. The average Bonchev–Trinajstić information content (AvgIpc) is 2.76. The third-order valence-electron chi connectivity index (χ3n) is 5.28. The lowest BCUT2D eigenvalue weighted by atomic mass is 10.1. The van der Waals surface area contributed by atoms with Crippen molar-refractivity contribution in [2.24, 2.45) is 4.99 Å². The Hall–Kier alpha value is -2.65. The van der Waals surface area contributed by atoms with Gasteiger partial charge in [-0.2, -0.15) is 13.2 Å². The number of aliphatic imine (C=N–C) groups is 1. The standard InChI is InChI=1S/C22H26F4N4O/c1-27-21(28-13-16-5-6-20(23)18(11-16)15-31)30-9-7-29(8-10-30)14-17-3-2-4-19(12-17)22(24,25)26/h2-6,11-12,31H,7-10,13-15H2,1H3,(H,27,28). The predicted molar refractivity (Wildman–Crippen MR) is 111 cm³/mol. The monoisotopic (exact) mass is 438 g/mol. The van der Waals surface area contributed by atoms with Gasteiger partial charge in [-0.05, 0) is 29.3 Å². The van der Waals surface area contributed by atoms with Crippen LogP contribution in [0.5, 0.6) is 0 Å². The Balaban J connectivity index is 1.52. The number of hydrogen-bond donors (Lipinski definition) is 2. The van der Waals surface area contributed by atoms with Crippen LogP contribution in [0.25, 0.3) is 0 Å². The molecule has 168 valence electrons. The first-order chi connectivity index (χ1) is 14.8. The van der Waals surface area contributed by atoms with Crippen LogP contribution in [0.2, 0.25) is 0 Å². The molecule has 9 heteroatoms. The Morgan fingerprint density at radius 1 is 1.06 bits per heavy atom. The Labute approximate surface area is 179 Å². The fourth-order valence-corrected chi connectivity index (χ4v) is 3.59. The first-order valence-electron chi connectivity index (χ1n) is 10.0. The molecule has 0 atom stereocenters. The molecule has 5 nitrogen and oxygen atoms in total. The molecule has 0 spiro atoms. The fraction of sp³-hybridized carbons (Fsp3) is 0.409. The second-order valence-corrected chi connectivity index (χ2v) is 7.45. The van der Waals surface area contributed by atoms with Gasteiger partial charge in [0, 0.05) is 51.9 Å². The first kappa shape index (κ1) is 23.0. The fourth-order valence-electron chi connectivity index (χ4n) is 3.59. The van der Waals surface area contributed by atoms with Crippen molar-refractivity contribution < 1.29 is 22.7 Å². The van der Waals surface area contributed by atoms with E-state index < -0.39 is 17.6 Å². The quantitative estimate of drug-likeness (QED) is 0.428. The minimum Gasteiger partial charge on any atom is -0.392 e. The molecule has 1 saturated heterocycles. The molecular weight excluding hydrogens is 412 g/mol. The van der Waals surface area contributed by atoms with Gasteiger partial charge in [0.15, 0.2) is 5.96 Å². The number of hydrogen-bond acceptors (Lipinski definition) is 3. The molecule has 0 unspecified atom stereocenters. The van der Waals surface area contributed by atoms with Gasteiger partial charge in [0.2, 0.25) is 0 Å². The van der Waals surface area contributed by atoms with E-state index in [9.17, 15) is 22.7 Å². The van der Waals surface area contributed by atoms with E-state index in [1.807, 2.05) is 0 Å². The molecule has 31 heavy (non-hydrogen) atoms. The summed E-state index contributed by atoms with van der Waals surface area (Å²) in [6.45, 7) is 3.30. The molecule has 1 aliphatic rings. The molecule has 1 heterocycles. The second kappa shape index (κ2) is 10.1. The Morgan fingerprint density at radius 3 is 2.45 bits per heavy atom. The van der Waals surface area contributed by atoms with Gasteiger partial charge in [0.25, 0.3) is 0 Å². The largest absolute Gasteiger partial charge is 0.416 e. The van der Waals surface area contributed by atoms with E-state index in [4.69, 9.17) is 0 Å². The molecule has 3 rings (SSSR count). The summed E-state index contributed by atoms with van der Waals surface area (Å²) in [7, 11) is 1.68. The topological polar surface area (TPSA) is 51.1 Å². The second-order valence-electron chi connectivity index (χ2n) is 7.45. The highest BCUT2D eigenvalue weighted by Gasteiger charge is 2.30.